The molecule has 0 radical (unpaired) electrons. The molecule has 168 valence electrons. The van der Waals surface area contributed by atoms with Gasteiger partial charge in [0.2, 0.25) is 0 Å². The zero-order valence-corrected chi connectivity index (χ0v) is 18.2. The summed E-state index contributed by atoms with van der Waals surface area (Å²) in [5, 5.41) is 3.21. The molecule has 0 atom stereocenters. The van der Waals surface area contributed by atoms with Crippen molar-refractivity contribution < 1.29 is 27.4 Å². The monoisotopic (exact) mass is 455 g/mol. The predicted molar refractivity (Wildman–Crippen MR) is 111 cm³/mol. The van der Waals surface area contributed by atoms with E-state index >= 15 is 0 Å². The minimum absolute atomic E-state index is 0.110. The Morgan fingerprint density at radius 1 is 1.29 bits per heavy atom. The number of ether oxygens (including phenoxy) is 2. The first-order chi connectivity index (χ1) is 14.4. The normalized spacial score (nSPS) is 23.0. The molecule has 31 heavy (non-hydrogen) atoms. The SMILES string of the molecule is CC(C)(C)OC(=O)NC1CCC2(CC1)Oc1cc(C(F)(F)F)ccc1-c1nc(N)sc12. The van der Waals surface area contributed by atoms with Gasteiger partial charge in [0.05, 0.1) is 16.1 Å². The predicted octanol–water partition coefficient (Wildman–Crippen LogP) is 5.47. The van der Waals surface area contributed by atoms with Gasteiger partial charge in [-0.3, -0.25) is 0 Å². The highest BCUT2D eigenvalue weighted by molar-refractivity contribution is 7.16. The van der Waals surface area contributed by atoms with E-state index in [1.54, 1.807) is 20.8 Å². The van der Waals surface area contributed by atoms with Crippen molar-refractivity contribution in [3.05, 3.63) is 28.6 Å². The van der Waals surface area contributed by atoms with E-state index in [-0.39, 0.29) is 11.8 Å². The molecule has 0 bridgehead atoms. The Balaban J connectivity index is 1.58. The smallest absolute Gasteiger partial charge is 0.416 e. The lowest BCUT2D eigenvalue weighted by Gasteiger charge is -2.42. The number of nitrogens with two attached hydrogens (primary N) is 1. The number of thiazole rings is 1. The zero-order chi connectivity index (χ0) is 22.6. The van der Waals surface area contributed by atoms with Crippen LogP contribution in [0.15, 0.2) is 18.2 Å². The molecule has 6 nitrogen and oxygen atoms in total. The Morgan fingerprint density at radius 2 is 1.97 bits per heavy atom. The van der Waals surface area contributed by atoms with Gasteiger partial charge >= 0.3 is 12.3 Å². The fourth-order valence-electron chi connectivity index (χ4n) is 4.10. The maximum absolute atomic E-state index is 13.2. The number of hydrogen-bond donors (Lipinski definition) is 2. The number of benzene rings is 1. The van der Waals surface area contributed by atoms with Crippen LogP contribution in [0, 0.1) is 0 Å². The number of aromatic nitrogens is 1. The molecule has 0 saturated heterocycles. The van der Waals surface area contributed by atoms with E-state index in [4.69, 9.17) is 15.2 Å². The Hall–Kier alpha value is -2.49. The number of amides is 1. The van der Waals surface area contributed by atoms with Gasteiger partial charge in [-0.2, -0.15) is 13.2 Å². The number of hydrogen-bond acceptors (Lipinski definition) is 6. The molecule has 1 amide bonds. The summed E-state index contributed by atoms with van der Waals surface area (Å²) in [5.41, 5.74) is 4.87. The van der Waals surface area contributed by atoms with Crippen molar-refractivity contribution in [2.24, 2.45) is 0 Å². The van der Waals surface area contributed by atoms with Crippen LogP contribution < -0.4 is 15.8 Å². The largest absolute Gasteiger partial charge is 0.481 e. The second kappa shape index (κ2) is 7.29. The standard InChI is InChI=1S/C21H24F3N3O3S/c1-19(2,3)30-18(28)26-12-6-8-20(9-7-12)16-15(27-17(25)31-16)13-5-4-11(21(22,23)24)10-14(13)29-20/h4-5,10,12H,6-9H2,1-3H3,(H2,25,27)(H,26,28). The average molecular weight is 456 g/mol. The molecule has 2 aliphatic rings. The third-order valence-corrected chi connectivity index (χ3v) is 6.51. The number of fused-ring (bicyclic) bond motifs is 4. The van der Waals surface area contributed by atoms with Crippen molar-refractivity contribution in [1.29, 1.82) is 0 Å². The highest BCUT2D eigenvalue weighted by atomic mass is 32.1. The van der Waals surface area contributed by atoms with Gasteiger partial charge in [-0.25, -0.2) is 9.78 Å². The summed E-state index contributed by atoms with van der Waals surface area (Å²) in [6, 6.07) is 3.33. The number of anilines is 1. The average Bonchev–Trinajstić information content (AvgIpc) is 3.04. The summed E-state index contributed by atoms with van der Waals surface area (Å²) in [7, 11) is 0. The van der Waals surface area contributed by atoms with E-state index in [1.807, 2.05) is 0 Å². The first kappa shape index (κ1) is 21.7. The molecule has 1 aromatic heterocycles. The fraction of sp³-hybridized carbons (Fsp3) is 0.524. The molecule has 1 aliphatic heterocycles. The maximum atomic E-state index is 13.2. The second-order valence-electron chi connectivity index (χ2n) is 8.96. The van der Waals surface area contributed by atoms with Gasteiger partial charge in [-0.15, -0.1) is 0 Å². The van der Waals surface area contributed by atoms with E-state index in [9.17, 15) is 18.0 Å². The molecule has 2 aromatic rings. The molecule has 1 fully saturated rings. The summed E-state index contributed by atoms with van der Waals surface area (Å²) >= 11 is 1.30. The molecule has 1 aromatic carbocycles. The molecular weight excluding hydrogens is 431 g/mol. The molecule has 4 rings (SSSR count). The Bertz CT molecular complexity index is 1010. The second-order valence-corrected chi connectivity index (χ2v) is 9.99. The molecule has 1 saturated carbocycles. The molecule has 2 heterocycles. The van der Waals surface area contributed by atoms with Crippen LogP contribution in [-0.4, -0.2) is 22.7 Å². The van der Waals surface area contributed by atoms with Crippen molar-refractivity contribution >= 4 is 22.6 Å². The number of nitrogen functional groups attached to an aromatic ring is 1. The lowest BCUT2D eigenvalue weighted by molar-refractivity contribution is -0.137. The van der Waals surface area contributed by atoms with Crippen LogP contribution in [0.25, 0.3) is 11.3 Å². The van der Waals surface area contributed by atoms with Gasteiger partial charge in [-0.1, -0.05) is 11.3 Å². The number of halogens is 3. The molecule has 1 spiro atoms. The van der Waals surface area contributed by atoms with Gasteiger partial charge < -0.3 is 20.5 Å². The summed E-state index contributed by atoms with van der Waals surface area (Å²) in [6.07, 6.45) is -2.76. The Labute approximate surface area is 181 Å². The molecule has 10 heteroatoms. The summed E-state index contributed by atoms with van der Waals surface area (Å²) in [6.45, 7) is 5.38. The summed E-state index contributed by atoms with van der Waals surface area (Å²) < 4.78 is 51.3. The van der Waals surface area contributed by atoms with Crippen LogP contribution in [-0.2, 0) is 16.5 Å². The highest BCUT2D eigenvalue weighted by Gasteiger charge is 2.47. The molecule has 3 N–H and O–H groups in total. The Kier molecular flexibility index (Phi) is 5.11. The maximum Gasteiger partial charge on any atom is 0.416 e. The number of rotatable bonds is 1. The highest BCUT2D eigenvalue weighted by Crippen LogP contribution is 2.54. The number of alkyl carbamates (subject to hydrolysis) is 1. The summed E-state index contributed by atoms with van der Waals surface area (Å²) in [5.74, 6) is 0.158. The van der Waals surface area contributed by atoms with Crippen LogP contribution in [0.2, 0.25) is 0 Å². The summed E-state index contributed by atoms with van der Waals surface area (Å²) in [4.78, 5) is 17.3. The van der Waals surface area contributed by atoms with E-state index in [2.05, 4.69) is 10.3 Å². The van der Waals surface area contributed by atoms with Gasteiger partial charge in [0, 0.05) is 11.6 Å². The lowest BCUT2D eigenvalue weighted by Crippen LogP contribution is -2.46. The van der Waals surface area contributed by atoms with Crippen LogP contribution in [0.3, 0.4) is 0 Å². The zero-order valence-electron chi connectivity index (χ0n) is 17.4. The lowest BCUT2D eigenvalue weighted by atomic mass is 9.78. The third-order valence-electron chi connectivity index (χ3n) is 5.44. The number of alkyl halides is 3. The molecule has 0 unspecified atom stereocenters. The quantitative estimate of drug-likeness (QED) is 0.596. The van der Waals surface area contributed by atoms with Crippen molar-refractivity contribution in [1.82, 2.24) is 10.3 Å². The third kappa shape index (κ3) is 4.30. The van der Waals surface area contributed by atoms with Crippen LogP contribution in [0.5, 0.6) is 5.75 Å². The van der Waals surface area contributed by atoms with Crippen LogP contribution >= 0.6 is 11.3 Å². The van der Waals surface area contributed by atoms with Crippen molar-refractivity contribution in [3.63, 3.8) is 0 Å². The van der Waals surface area contributed by atoms with E-state index in [0.717, 1.165) is 17.0 Å². The van der Waals surface area contributed by atoms with E-state index in [0.29, 0.717) is 42.1 Å². The van der Waals surface area contributed by atoms with Gasteiger partial charge in [0.1, 0.15) is 17.0 Å². The van der Waals surface area contributed by atoms with Crippen molar-refractivity contribution in [2.45, 2.75) is 69.9 Å². The van der Waals surface area contributed by atoms with Crippen LogP contribution in [0.4, 0.5) is 23.1 Å². The molecule has 1 aliphatic carbocycles. The van der Waals surface area contributed by atoms with Gasteiger partial charge in [0.25, 0.3) is 0 Å². The van der Waals surface area contributed by atoms with Crippen molar-refractivity contribution in [3.8, 4) is 17.0 Å². The Morgan fingerprint density at radius 3 is 2.58 bits per heavy atom. The first-order valence-electron chi connectivity index (χ1n) is 10.0. The van der Waals surface area contributed by atoms with Gasteiger partial charge in [-0.05, 0) is 64.7 Å². The number of nitrogens with zero attached hydrogens (tertiary/aromatic N) is 1. The topological polar surface area (TPSA) is 86.5 Å². The van der Waals surface area contributed by atoms with Crippen LogP contribution in [0.1, 0.15) is 56.9 Å². The van der Waals surface area contributed by atoms with Gasteiger partial charge in [0.15, 0.2) is 5.13 Å². The fourth-order valence-corrected chi connectivity index (χ4v) is 5.13. The van der Waals surface area contributed by atoms with E-state index < -0.39 is 29.0 Å². The first-order valence-corrected chi connectivity index (χ1v) is 10.8. The molecular formula is C21H24F3N3O3S. The van der Waals surface area contributed by atoms with E-state index in [1.165, 1.54) is 17.4 Å². The number of carbonyl (C=O) groups excluding carboxylic acids is 1. The van der Waals surface area contributed by atoms with Crippen molar-refractivity contribution in [2.75, 3.05) is 5.73 Å². The number of carbonyl (C=O) groups is 1. The minimum atomic E-state index is -4.47. The minimum Gasteiger partial charge on any atom is -0.481 e. The number of nitrogens with one attached hydrogen (secondary N) is 1.